The highest BCUT2D eigenvalue weighted by molar-refractivity contribution is 6.02. The van der Waals surface area contributed by atoms with Crippen molar-refractivity contribution in [1.29, 1.82) is 5.41 Å². The smallest absolute Gasteiger partial charge is 0.410 e. The second-order valence-electron chi connectivity index (χ2n) is 9.57. The van der Waals surface area contributed by atoms with E-state index in [9.17, 15) is 4.79 Å². The second-order valence-corrected chi connectivity index (χ2v) is 9.57. The van der Waals surface area contributed by atoms with Crippen molar-refractivity contribution in [3.05, 3.63) is 5.82 Å². The van der Waals surface area contributed by atoms with Crippen molar-refractivity contribution in [3.63, 3.8) is 0 Å². The molecule has 1 aliphatic carbocycles. The maximum atomic E-state index is 11.1. The highest BCUT2D eigenvalue weighted by Gasteiger charge is 2.31. The first-order chi connectivity index (χ1) is 16.4. The van der Waals surface area contributed by atoms with Gasteiger partial charge in [-0.3, -0.25) is 15.6 Å². The zero-order valence-electron chi connectivity index (χ0n) is 20.0. The third kappa shape index (κ3) is 5.82. The molecule has 3 heterocycles. The van der Waals surface area contributed by atoms with Crippen LogP contribution in [0.15, 0.2) is 4.99 Å². The molecule has 11 nitrogen and oxygen atoms in total. The molecule has 34 heavy (non-hydrogen) atoms. The monoisotopic (exact) mass is 472 g/mol. The zero-order valence-corrected chi connectivity index (χ0v) is 20.0. The number of nitrogens with one attached hydrogen (secondary N) is 2. The first-order valence-corrected chi connectivity index (χ1v) is 12.2. The number of rotatable bonds is 8. The van der Waals surface area contributed by atoms with Crippen molar-refractivity contribution in [2.75, 3.05) is 62.4 Å². The lowest BCUT2D eigenvalue weighted by molar-refractivity contribution is 0.0374. The highest BCUT2D eigenvalue weighted by atomic mass is 16.5. The predicted octanol–water partition coefficient (Wildman–Crippen LogP) is 2.53. The summed E-state index contributed by atoms with van der Waals surface area (Å²) in [5.74, 6) is 2.08. The van der Waals surface area contributed by atoms with Gasteiger partial charge in [0.1, 0.15) is 5.69 Å². The van der Waals surface area contributed by atoms with Gasteiger partial charge < -0.3 is 19.6 Å². The van der Waals surface area contributed by atoms with E-state index in [1.165, 1.54) is 25.7 Å². The van der Waals surface area contributed by atoms with Crippen LogP contribution in [0, 0.1) is 17.2 Å². The minimum atomic E-state index is -1.32. The Morgan fingerprint density at radius 1 is 1.24 bits per heavy atom. The second kappa shape index (κ2) is 11.1. The summed E-state index contributed by atoms with van der Waals surface area (Å²) in [5, 5.41) is 19.2. The van der Waals surface area contributed by atoms with Gasteiger partial charge in [0.2, 0.25) is 0 Å². The van der Waals surface area contributed by atoms with Crippen LogP contribution in [0.25, 0.3) is 0 Å². The molecule has 0 unspecified atom stereocenters. The Balaban J connectivity index is 1.70. The Morgan fingerprint density at radius 2 is 1.94 bits per heavy atom. The maximum absolute atomic E-state index is 11.1. The molecule has 0 bridgehead atoms. The quantitative estimate of drug-likeness (QED) is 0.389. The fourth-order valence-corrected chi connectivity index (χ4v) is 4.87. The third-order valence-electron chi connectivity index (χ3n) is 7.01. The van der Waals surface area contributed by atoms with Crippen LogP contribution >= 0.6 is 0 Å². The first-order valence-electron chi connectivity index (χ1n) is 12.2. The number of anilines is 2. The predicted molar refractivity (Wildman–Crippen MR) is 132 cm³/mol. The molecular formula is C23H36N8O3. The molecule has 0 spiro atoms. The molecule has 1 amide bonds. The van der Waals surface area contributed by atoms with Crippen molar-refractivity contribution in [3.8, 4) is 0 Å². The van der Waals surface area contributed by atoms with Crippen LogP contribution in [0.2, 0.25) is 0 Å². The van der Waals surface area contributed by atoms with Gasteiger partial charge >= 0.3 is 6.09 Å². The van der Waals surface area contributed by atoms with Crippen molar-refractivity contribution in [1.82, 2.24) is 20.2 Å². The number of amidine groups is 1. The number of aromatic nitrogens is 2. The molecule has 0 atom stereocenters. The number of hydrogen-bond acceptors (Lipinski definition) is 9. The number of carbonyl (C=O) groups is 1. The van der Waals surface area contributed by atoms with Crippen LogP contribution in [0.5, 0.6) is 0 Å². The molecule has 3 fully saturated rings. The SMILES string of the molecule is C=Nc1nc(C(=N)NC(=O)O)nc(N2CCC2)c1N(CN1CCOCC1)C[C@H]1CC[C@H](C)CC1. The van der Waals surface area contributed by atoms with Crippen molar-refractivity contribution < 1.29 is 14.6 Å². The molecule has 1 saturated carbocycles. The Hall–Kier alpha value is -2.79. The van der Waals surface area contributed by atoms with Gasteiger partial charge in [-0.25, -0.2) is 19.8 Å². The summed E-state index contributed by atoms with van der Waals surface area (Å²) in [6.07, 6.45) is 4.62. The Morgan fingerprint density at radius 3 is 2.53 bits per heavy atom. The van der Waals surface area contributed by atoms with E-state index in [2.05, 4.69) is 48.6 Å². The zero-order chi connectivity index (χ0) is 24.1. The largest absolute Gasteiger partial charge is 0.465 e. The van der Waals surface area contributed by atoms with Gasteiger partial charge in [-0.2, -0.15) is 0 Å². The molecule has 0 aromatic carbocycles. The molecule has 186 valence electrons. The van der Waals surface area contributed by atoms with Gasteiger partial charge in [0, 0.05) is 32.7 Å². The molecule has 1 aromatic heterocycles. The number of hydrogen-bond donors (Lipinski definition) is 3. The van der Waals surface area contributed by atoms with E-state index < -0.39 is 6.09 Å². The van der Waals surface area contributed by atoms with E-state index in [4.69, 9.17) is 15.3 Å². The van der Waals surface area contributed by atoms with Gasteiger partial charge in [-0.15, -0.1) is 0 Å². The highest BCUT2D eigenvalue weighted by Crippen LogP contribution is 2.39. The lowest BCUT2D eigenvalue weighted by Crippen LogP contribution is -2.47. The first kappa shape index (κ1) is 24.3. The van der Waals surface area contributed by atoms with Crippen LogP contribution in [-0.4, -0.2) is 91.2 Å². The molecule has 11 heteroatoms. The summed E-state index contributed by atoms with van der Waals surface area (Å²) in [7, 11) is 0. The lowest BCUT2D eigenvalue weighted by atomic mass is 9.83. The maximum Gasteiger partial charge on any atom is 0.410 e. The van der Waals surface area contributed by atoms with E-state index in [1.807, 2.05) is 0 Å². The van der Waals surface area contributed by atoms with Gasteiger partial charge in [-0.05, 0) is 37.8 Å². The molecule has 3 N–H and O–H groups in total. The fourth-order valence-electron chi connectivity index (χ4n) is 4.87. The molecule has 3 aliphatic rings. The normalized spacial score (nSPS) is 23.1. The topological polar surface area (TPSA) is 130 Å². The van der Waals surface area contributed by atoms with Crippen LogP contribution in [0.4, 0.5) is 22.1 Å². The average Bonchev–Trinajstić information content (AvgIpc) is 2.78. The lowest BCUT2D eigenvalue weighted by Gasteiger charge is -2.41. The van der Waals surface area contributed by atoms with Crippen molar-refractivity contribution in [2.45, 2.75) is 39.0 Å². The van der Waals surface area contributed by atoms with Crippen LogP contribution < -0.4 is 15.1 Å². The number of aliphatic imine (C=N–C) groups is 1. The molecule has 4 rings (SSSR count). The molecule has 2 aliphatic heterocycles. The van der Waals surface area contributed by atoms with Gasteiger partial charge in [0.05, 0.1) is 19.9 Å². The van der Waals surface area contributed by atoms with Crippen molar-refractivity contribution >= 4 is 36.0 Å². The number of ether oxygens (including phenoxy) is 1. The number of morpholine rings is 1. The number of amides is 1. The minimum Gasteiger partial charge on any atom is -0.465 e. The van der Waals surface area contributed by atoms with Gasteiger partial charge in [0.15, 0.2) is 23.3 Å². The van der Waals surface area contributed by atoms with E-state index in [0.29, 0.717) is 37.4 Å². The summed E-state index contributed by atoms with van der Waals surface area (Å²) >= 11 is 0. The standard InChI is InChI=1S/C23H36N8O3/c1-16-4-6-17(7-5-16)14-31(15-29-10-12-34-13-11-29)18-20(25-2)27-21(19(24)26-23(32)33)28-22(18)30-8-3-9-30/h16-17H,2-15H2,1H3,(H2,24,26)(H,32,33)/t16-,17-. The summed E-state index contributed by atoms with van der Waals surface area (Å²) < 4.78 is 5.56. The van der Waals surface area contributed by atoms with Crippen LogP contribution in [-0.2, 0) is 4.74 Å². The van der Waals surface area contributed by atoms with Gasteiger partial charge in [-0.1, -0.05) is 19.8 Å². The summed E-state index contributed by atoms with van der Waals surface area (Å²) in [5.41, 5.74) is 0.826. The van der Waals surface area contributed by atoms with Crippen molar-refractivity contribution in [2.24, 2.45) is 16.8 Å². The minimum absolute atomic E-state index is 0.00765. The average molecular weight is 473 g/mol. The molecular weight excluding hydrogens is 436 g/mol. The van der Waals surface area contributed by atoms with Crippen LogP contribution in [0.3, 0.4) is 0 Å². The summed E-state index contributed by atoms with van der Waals surface area (Å²) in [6.45, 7) is 12.5. The van der Waals surface area contributed by atoms with E-state index in [1.54, 1.807) is 0 Å². The fraction of sp³-hybridized carbons (Fsp3) is 0.696. The Labute approximate surface area is 200 Å². The van der Waals surface area contributed by atoms with E-state index in [0.717, 1.165) is 50.7 Å². The molecule has 0 radical (unpaired) electrons. The number of nitrogens with zero attached hydrogens (tertiary/aromatic N) is 6. The number of carboxylic acid groups (broad SMARTS) is 1. The summed E-state index contributed by atoms with van der Waals surface area (Å²) in [6, 6.07) is 0. The Kier molecular flexibility index (Phi) is 7.94. The Bertz CT molecular complexity index is 892. The van der Waals surface area contributed by atoms with Crippen LogP contribution in [0.1, 0.15) is 44.9 Å². The molecule has 2 saturated heterocycles. The molecule has 1 aromatic rings. The van der Waals surface area contributed by atoms with E-state index in [-0.39, 0.29) is 11.7 Å². The van der Waals surface area contributed by atoms with Gasteiger partial charge in [0.25, 0.3) is 0 Å². The third-order valence-corrected chi connectivity index (χ3v) is 7.01. The van der Waals surface area contributed by atoms with E-state index >= 15 is 0 Å². The summed E-state index contributed by atoms with van der Waals surface area (Å²) in [4.78, 5) is 31.3.